The molecule has 3 N–H and O–H groups in total. The number of hydrogen-bond acceptors (Lipinski definition) is 4. The third kappa shape index (κ3) is 4.76. The van der Waals surface area contributed by atoms with E-state index in [0.717, 1.165) is 25.9 Å². The molecule has 1 aliphatic rings. The van der Waals surface area contributed by atoms with Gasteiger partial charge in [-0.3, -0.25) is 9.59 Å². The Balaban J connectivity index is 2.37. The zero-order valence-corrected chi connectivity index (χ0v) is 12.4. The SMILES string of the molecule is COCC1(C(=O)NCCCC(C)C(=O)O)CCNCC1. The first-order valence-electron chi connectivity index (χ1n) is 7.22. The smallest absolute Gasteiger partial charge is 0.306 e. The second-order valence-electron chi connectivity index (χ2n) is 5.60. The highest BCUT2D eigenvalue weighted by atomic mass is 16.5. The molecule has 116 valence electrons. The minimum atomic E-state index is -0.787. The van der Waals surface area contributed by atoms with Gasteiger partial charge in [-0.15, -0.1) is 0 Å². The molecule has 1 aliphatic heterocycles. The maximum atomic E-state index is 12.4. The molecule has 0 aliphatic carbocycles. The number of piperidine rings is 1. The average Bonchev–Trinajstić information content (AvgIpc) is 2.44. The number of carboxylic acid groups (broad SMARTS) is 1. The first-order valence-corrected chi connectivity index (χ1v) is 7.22. The Kier molecular flexibility index (Phi) is 6.95. The number of carbonyl (C=O) groups excluding carboxylic acids is 1. The van der Waals surface area contributed by atoms with Crippen LogP contribution in [0.1, 0.15) is 32.6 Å². The van der Waals surface area contributed by atoms with Gasteiger partial charge in [0, 0.05) is 13.7 Å². The van der Waals surface area contributed by atoms with E-state index in [2.05, 4.69) is 10.6 Å². The van der Waals surface area contributed by atoms with Gasteiger partial charge in [-0.05, 0) is 38.8 Å². The Morgan fingerprint density at radius 2 is 2.05 bits per heavy atom. The number of carbonyl (C=O) groups is 2. The number of nitrogens with one attached hydrogen (secondary N) is 2. The Labute approximate surface area is 120 Å². The van der Waals surface area contributed by atoms with Gasteiger partial charge >= 0.3 is 5.97 Å². The van der Waals surface area contributed by atoms with Gasteiger partial charge in [-0.25, -0.2) is 0 Å². The van der Waals surface area contributed by atoms with E-state index in [4.69, 9.17) is 9.84 Å². The Morgan fingerprint density at radius 1 is 1.40 bits per heavy atom. The molecule has 0 aromatic heterocycles. The molecule has 20 heavy (non-hydrogen) atoms. The number of rotatable bonds is 8. The number of hydrogen-bond donors (Lipinski definition) is 3. The number of methoxy groups -OCH3 is 1. The third-order valence-corrected chi connectivity index (χ3v) is 3.98. The van der Waals surface area contributed by atoms with Crippen LogP contribution in [0.25, 0.3) is 0 Å². The second kappa shape index (κ2) is 8.21. The molecule has 1 fully saturated rings. The second-order valence-corrected chi connectivity index (χ2v) is 5.60. The van der Waals surface area contributed by atoms with Gasteiger partial charge in [0.2, 0.25) is 5.91 Å². The molecule has 0 saturated carbocycles. The number of carboxylic acids is 1. The fourth-order valence-corrected chi connectivity index (χ4v) is 2.54. The van der Waals surface area contributed by atoms with Crippen molar-refractivity contribution in [1.29, 1.82) is 0 Å². The van der Waals surface area contributed by atoms with Crippen molar-refractivity contribution in [2.45, 2.75) is 32.6 Å². The highest BCUT2D eigenvalue weighted by molar-refractivity contribution is 5.83. The molecule has 1 unspecified atom stereocenters. The summed E-state index contributed by atoms with van der Waals surface area (Å²) in [5.41, 5.74) is -0.432. The Hall–Kier alpha value is -1.14. The molecule has 1 amide bonds. The summed E-state index contributed by atoms with van der Waals surface area (Å²) in [6.45, 7) is 4.30. The molecular formula is C14H26N2O4. The van der Waals surface area contributed by atoms with Crippen molar-refractivity contribution in [3.63, 3.8) is 0 Å². The van der Waals surface area contributed by atoms with Gasteiger partial charge in [0.15, 0.2) is 0 Å². The lowest BCUT2D eigenvalue weighted by Crippen LogP contribution is -2.50. The van der Waals surface area contributed by atoms with Crippen LogP contribution in [0, 0.1) is 11.3 Å². The molecule has 1 heterocycles. The van der Waals surface area contributed by atoms with Crippen LogP contribution in [0.2, 0.25) is 0 Å². The van der Waals surface area contributed by atoms with Crippen LogP contribution in [0.4, 0.5) is 0 Å². The summed E-state index contributed by atoms with van der Waals surface area (Å²) in [5.74, 6) is -1.12. The molecule has 6 nitrogen and oxygen atoms in total. The first kappa shape index (κ1) is 16.9. The van der Waals surface area contributed by atoms with Crippen molar-refractivity contribution in [2.24, 2.45) is 11.3 Å². The highest BCUT2D eigenvalue weighted by Gasteiger charge is 2.39. The third-order valence-electron chi connectivity index (χ3n) is 3.98. The monoisotopic (exact) mass is 286 g/mol. The van der Waals surface area contributed by atoms with Crippen LogP contribution in [-0.4, -0.2) is 50.3 Å². The zero-order chi connectivity index (χ0) is 15.0. The van der Waals surface area contributed by atoms with Crippen LogP contribution in [-0.2, 0) is 14.3 Å². The molecule has 1 saturated heterocycles. The van der Waals surface area contributed by atoms with E-state index < -0.39 is 11.4 Å². The molecular weight excluding hydrogens is 260 g/mol. The zero-order valence-electron chi connectivity index (χ0n) is 12.4. The number of aliphatic carboxylic acids is 1. The van der Waals surface area contributed by atoms with Gasteiger partial charge < -0.3 is 20.5 Å². The lowest BCUT2D eigenvalue weighted by atomic mass is 9.78. The van der Waals surface area contributed by atoms with E-state index in [-0.39, 0.29) is 11.8 Å². The summed E-state index contributed by atoms with van der Waals surface area (Å²) < 4.78 is 5.22. The van der Waals surface area contributed by atoms with Crippen molar-refractivity contribution < 1.29 is 19.4 Å². The van der Waals surface area contributed by atoms with Gasteiger partial charge in [-0.1, -0.05) is 6.92 Å². The van der Waals surface area contributed by atoms with Gasteiger partial charge in [0.05, 0.1) is 17.9 Å². The Bertz CT molecular complexity index is 322. The molecule has 0 radical (unpaired) electrons. The van der Waals surface area contributed by atoms with Gasteiger partial charge in [0.25, 0.3) is 0 Å². The normalized spacial score (nSPS) is 19.3. The largest absolute Gasteiger partial charge is 0.481 e. The molecule has 1 rings (SSSR count). The minimum Gasteiger partial charge on any atom is -0.481 e. The molecule has 6 heteroatoms. The van der Waals surface area contributed by atoms with Crippen molar-refractivity contribution in [3.8, 4) is 0 Å². The van der Waals surface area contributed by atoms with Crippen LogP contribution in [0.5, 0.6) is 0 Å². The number of ether oxygens (including phenoxy) is 1. The number of amides is 1. The molecule has 0 bridgehead atoms. The summed E-state index contributed by atoms with van der Waals surface area (Å²) in [5, 5.41) is 15.0. The molecule has 1 atom stereocenters. The van der Waals surface area contributed by atoms with Crippen LogP contribution >= 0.6 is 0 Å². The van der Waals surface area contributed by atoms with Crippen LogP contribution < -0.4 is 10.6 Å². The van der Waals surface area contributed by atoms with Crippen molar-refractivity contribution in [1.82, 2.24) is 10.6 Å². The maximum Gasteiger partial charge on any atom is 0.306 e. The van der Waals surface area contributed by atoms with E-state index in [9.17, 15) is 9.59 Å². The van der Waals surface area contributed by atoms with Crippen molar-refractivity contribution >= 4 is 11.9 Å². The molecule has 0 spiro atoms. The molecule has 0 aromatic rings. The van der Waals surface area contributed by atoms with E-state index in [0.29, 0.717) is 26.0 Å². The Morgan fingerprint density at radius 3 is 2.60 bits per heavy atom. The fraction of sp³-hybridized carbons (Fsp3) is 0.857. The summed E-state index contributed by atoms with van der Waals surface area (Å²) >= 11 is 0. The van der Waals surface area contributed by atoms with Gasteiger partial charge in [-0.2, -0.15) is 0 Å². The topological polar surface area (TPSA) is 87.7 Å². The standard InChI is InChI=1S/C14H26N2O4/c1-11(12(17)18)4-3-7-16-13(19)14(10-20-2)5-8-15-9-6-14/h11,15H,3-10H2,1-2H3,(H,16,19)(H,17,18). The average molecular weight is 286 g/mol. The summed E-state index contributed by atoms with van der Waals surface area (Å²) in [6, 6.07) is 0. The maximum absolute atomic E-state index is 12.4. The summed E-state index contributed by atoms with van der Waals surface area (Å²) in [4.78, 5) is 23.1. The van der Waals surface area contributed by atoms with Crippen molar-refractivity contribution in [3.05, 3.63) is 0 Å². The van der Waals surface area contributed by atoms with Crippen LogP contribution in [0.15, 0.2) is 0 Å². The highest BCUT2D eigenvalue weighted by Crippen LogP contribution is 2.29. The lowest BCUT2D eigenvalue weighted by Gasteiger charge is -2.35. The van der Waals surface area contributed by atoms with E-state index in [1.165, 1.54) is 0 Å². The fourth-order valence-electron chi connectivity index (χ4n) is 2.54. The quantitative estimate of drug-likeness (QED) is 0.569. The lowest BCUT2D eigenvalue weighted by molar-refractivity contribution is -0.141. The molecule has 0 aromatic carbocycles. The van der Waals surface area contributed by atoms with E-state index in [1.54, 1.807) is 14.0 Å². The van der Waals surface area contributed by atoms with Crippen LogP contribution in [0.3, 0.4) is 0 Å². The van der Waals surface area contributed by atoms with E-state index in [1.807, 2.05) is 0 Å². The van der Waals surface area contributed by atoms with Crippen molar-refractivity contribution in [2.75, 3.05) is 33.4 Å². The predicted octanol–water partition coefficient (Wildman–Crippen LogP) is 0.620. The predicted molar refractivity (Wildman–Crippen MR) is 75.5 cm³/mol. The first-order chi connectivity index (χ1) is 9.52. The summed E-state index contributed by atoms with van der Waals surface area (Å²) in [6.07, 6.45) is 2.81. The van der Waals surface area contributed by atoms with Gasteiger partial charge in [0.1, 0.15) is 0 Å². The van der Waals surface area contributed by atoms with E-state index >= 15 is 0 Å². The summed E-state index contributed by atoms with van der Waals surface area (Å²) in [7, 11) is 1.62. The minimum absolute atomic E-state index is 0.0313.